The van der Waals surface area contributed by atoms with Crippen molar-refractivity contribution in [2.75, 3.05) is 5.88 Å². The van der Waals surface area contributed by atoms with Crippen molar-refractivity contribution < 1.29 is 8.42 Å². The molecular weight excluding hydrogens is 356 g/mol. The average molecular weight is 379 g/mol. The number of hydrogen-bond acceptors (Lipinski definition) is 3. The van der Waals surface area contributed by atoms with E-state index < -0.39 is 10.0 Å². The molecule has 0 unspecified atom stereocenters. The Bertz CT molecular complexity index is 773. The predicted octanol–water partition coefficient (Wildman–Crippen LogP) is 4.00. The largest absolute Gasteiger partial charge is 0.265 e. The lowest BCUT2D eigenvalue weighted by molar-refractivity contribution is 0.316. The second-order valence-corrected chi connectivity index (χ2v) is 8.70. The lowest BCUT2D eigenvalue weighted by atomic mass is 10.2. The van der Waals surface area contributed by atoms with E-state index in [9.17, 15) is 8.42 Å². The van der Waals surface area contributed by atoms with Gasteiger partial charge in [-0.1, -0.05) is 25.0 Å². The molecule has 0 saturated heterocycles. The second-order valence-electron chi connectivity index (χ2n) is 6.43. The Labute approximate surface area is 154 Å². The van der Waals surface area contributed by atoms with Gasteiger partial charge in [-0.2, -0.15) is 4.31 Å². The van der Waals surface area contributed by atoms with Crippen LogP contribution in [0.15, 0.2) is 53.7 Å². The third-order valence-corrected chi connectivity index (χ3v) is 6.83. The van der Waals surface area contributed by atoms with E-state index in [4.69, 9.17) is 11.6 Å². The summed E-state index contributed by atoms with van der Waals surface area (Å²) in [6.45, 7) is 0.388. The molecule has 0 bridgehead atoms. The van der Waals surface area contributed by atoms with Crippen LogP contribution in [-0.4, -0.2) is 29.6 Å². The highest BCUT2D eigenvalue weighted by Crippen LogP contribution is 2.30. The van der Waals surface area contributed by atoms with Crippen LogP contribution in [0.25, 0.3) is 0 Å². The van der Waals surface area contributed by atoms with Crippen LogP contribution in [0.2, 0.25) is 0 Å². The van der Waals surface area contributed by atoms with Crippen molar-refractivity contribution in [2.24, 2.45) is 0 Å². The molecule has 1 aromatic heterocycles. The van der Waals surface area contributed by atoms with E-state index in [1.807, 2.05) is 24.3 Å². The molecule has 4 nitrogen and oxygen atoms in total. The molecule has 0 atom stereocenters. The summed E-state index contributed by atoms with van der Waals surface area (Å²) in [4.78, 5) is 4.37. The van der Waals surface area contributed by atoms with Crippen LogP contribution in [0.4, 0.5) is 0 Å². The maximum absolute atomic E-state index is 13.3. The lowest BCUT2D eigenvalue weighted by Crippen LogP contribution is -2.38. The lowest BCUT2D eigenvalue weighted by Gasteiger charge is -2.28. The van der Waals surface area contributed by atoms with Gasteiger partial charge >= 0.3 is 0 Å². The van der Waals surface area contributed by atoms with Crippen LogP contribution in [-0.2, 0) is 23.0 Å². The normalized spacial score (nSPS) is 15.8. The summed E-state index contributed by atoms with van der Waals surface area (Å²) >= 11 is 5.76. The summed E-state index contributed by atoms with van der Waals surface area (Å²) in [5.74, 6) is 0.530. The molecule has 1 aromatic carbocycles. The van der Waals surface area contributed by atoms with Gasteiger partial charge in [0.2, 0.25) is 10.0 Å². The number of hydrogen-bond donors (Lipinski definition) is 0. The Morgan fingerprint density at radius 2 is 1.64 bits per heavy atom. The molecule has 134 valence electrons. The Morgan fingerprint density at radius 1 is 1.00 bits per heavy atom. The molecule has 0 spiro atoms. The standard InChI is InChI=1S/C19H23ClN2O2S/c20-12-9-16-5-7-19(8-6-16)25(23,24)22(18-3-1-2-4-18)15-17-10-13-21-14-11-17/h5-8,10-11,13-14,18H,1-4,9,12,15H2. The number of nitrogens with zero attached hydrogens (tertiary/aromatic N) is 2. The van der Waals surface area contributed by atoms with Gasteiger partial charge in [-0.3, -0.25) is 4.98 Å². The van der Waals surface area contributed by atoms with E-state index in [0.29, 0.717) is 17.3 Å². The van der Waals surface area contributed by atoms with Gasteiger partial charge in [0.15, 0.2) is 0 Å². The summed E-state index contributed by atoms with van der Waals surface area (Å²) < 4.78 is 28.2. The van der Waals surface area contributed by atoms with Gasteiger partial charge < -0.3 is 0 Å². The third kappa shape index (κ3) is 4.40. The number of alkyl halides is 1. The maximum Gasteiger partial charge on any atom is 0.243 e. The Kier molecular flexibility index (Phi) is 6.10. The number of aryl methyl sites for hydroxylation is 1. The van der Waals surface area contributed by atoms with Gasteiger partial charge in [0.1, 0.15) is 0 Å². The summed E-state index contributed by atoms with van der Waals surface area (Å²) in [5.41, 5.74) is 2.01. The smallest absolute Gasteiger partial charge is 0.243 e. The van der Waals surface area contributed by atoms with Crippen molar-refractivity contribution in [1.29, 1.82) is 0 Å². The first kappa shape index (κ1) is 18.4. The molecule has 1 aliphatic rings. The predicted molar refractivity (Wildman–Crippen MR) is 100 cm³/mol. The van der Waals surface area contributed by atoms with Crippen LogP contribution in [0.3, 0.4) is 0 Å². The van der Waals surface area contributed by atoms with E-state index in [1.165, 1.54) is 0 Å². The fourth-order valence-electron chi connectivity index (χ4n) is 3.34. The van der Waals surface area contributed by atoms with Crippen LogP contribution < -0.4 is 0 Å². The van der Waals surface area contributed by atoms with Crippen LogP contribution in [0, 0.1) is 0 Å². The van der Waals surface area contributed by atoms with Gasteiger partial charge in [-0.05, 0) is 54.7 Å². The van der Waals surface area contributed by atoms with E-state index >= 15 is 0 Å². The van der Waals surface area contributed by atoms with Gasteiger partial charge in [-0.15, -0.1) is 11.6 Å². The quantitative estimate of drug-likeness (QED) is 0.684. The van der Waals surface area contributed by atoms with Gasteiger partial charge in [0.05, 0.1) is 4.90 Å². The molecule has 2 aromatic rings. The molecule has 0 N–H and O–H groups in total. The average Bonchev–Trinajstić information content (AvgIpc) is 3.15. The van der Waals surface area contributed by atoms with Crippen LogP contribution >= 0.6 is 11.6 Å². The zero-order valence-electron chi connectivity index (χ0n) is 14.1. The molecule has 1 fully saturated rings. The molecule has 0 amide bonds. The number of halogens is 1. The van der Waals surface area contributed by atoms with Crippen LogP contribution in [0.1, 0.15) is 36.8 Å². The molecule has 1 saturated carbocycles. The summed E-state index contributed by atoms with van der Waals surface area (Å²) in [6.07, 6.45) is 8.17. The van der Waals surface area contributed by atoms with Crippen molar-refractivity contribution in [3.63, 3.8) is 0 Å². The molecular formula is C19H23ClN2O2S. The van der Waals surface area contributed by atoms with Crippen molar-refractivity contribution in [3.05, 3.63) is 59.9 Å². The van der Waals surface area contributed by atoms with E-state index in [0.717, 1.165) is 43.2 Å². The molecule has 0 aliphatic heterocycles. The molecule has 3 rings (SSSR count). The second kappa shape index (κ2) is 8.30. The zero-order chi connectivity index (χ0) is 17.7. The number of pyridine rings is 1. The van der Waals surface area contributed by atoms with Gasteiger partial charge in [0, 0.05) is 30.9 Å². The van der Waals surface area contributed by atoms with Crippen LogP contribution in [0.5, 0.6) is 0 Å². The highest BCUT2D eigenvalue weighted by Gasteiger charge is 2.33. The zero-order valence-corrected chi connectivity index (χ0v) is 15.7. The van der Waals surface area contributed by atoms with E-state index in [1.54, 1.807) is 28.8 Å². The number of sulfonamides is 1. The fraction of sp³-hybridized carbons (Fsp3) is 0.421. The Morgan fingerprint density at radius 3 is 2.24 bits per heavy atom. The minimum absolute atomic E-state index is 0.0701. The molecule has 1 aliphatic carbocycles. The first-order valence-corrected chi connectivity index (χ1v) is 10.6. The van der Waals surface area contributed by atoms with Crippen molar-refractivity contribution in [2.45, 2.75) is 49.6 Å². The third-order valence-electron chi connectivity index (χ3n) is 4.73. The highest BCUT2D eigenvalue weighted by atomic mass is 35.5. The molecule has 0 radical (unpaired) electrons. The molecule has 6 heteroatoms. The minimum atomic E-state index is -3.53. The van der Waals surface area contributed by atoms with E-state index in [2.05, 4.69) is 4.98 Å². The minimum Gasteiger partial charge on any atom is -0.265 e. The summed E-state index contributed by atoms with van der Waals surface area (Å²) in [7, 11) is -3.53. The maximum atomic E-state index is 13.3. The SMILES string of the molecule is O=S(=O)(c1ccc(CCCl)cc1)N(Cc1ccncc1)C1CCCC1. The Hall–Kier alpha value is -1.43. The molecule has 1 heterocycles. The summed E-state index contributed by atoms with van der Waals surface area (Å²) in [5, 5.41) is 0. The van der Waals surface area contributed by atoms with Gasteiger partial charge in [-0.25, -0.2) is 8.42 Å². The van der Waals surface area contributed by atoms with Crippen molar-refractivity contribution in [1.82, 2.24) is 9.29 Å². The topological polar surface area (TPSA) is 50.3 Å². The fourth-order valence-corrected chi connectivity index (χ4v) is 5.23. The summed E-state index contributed by atoms with van der Waals surface area (Å²) in [6, 6.07) is 10.9. The molecule has 25 heavy (non-hydrogen) atoms. The monoisotopic (exact) mass is 378 g/mol. The number of aromatic nitrogens is 1. The number of benzene rings is 1. The Balaban J connectivity index is 1.90. The van der Waals surface area contributed by atoms with Crippen molar-refractivity contribution in [3.8, 4) is 0 Å². The first-order chi connectivity index (χ1) is 12.1. The highest BCUT2D eigenvalue weighted by molar-refractivity contribution is 7.89. The first-order valence-electron chi connectivity index (χ1n) is 8.67. The number of rotatable bonds is 7. The van der Waals surface area contributed by atoms with Crippen molar-refractivity contribution >= 4 is 21.6 Å². The van der Waals surface area contributed by atoms with Gasteiger partial charge in [0.25, 0.3) is 0 Å². The van der Waals surface area contributed by atoms with E-state index in [-0.39, 0.29) is 6.04 Å².